The first-order chi connectivity index (χ1) is 16.8. The molecule has 2 aliphatic carbocycles. The van der Waals surface area contributed by atoms with Crippen LogP contribution in [0.15, 0.2) is 48.1 Å². The highest BCUT2D eigenvalue weighted by atomic mass is 16.4. The van der Waals surface area contributed by atoms with Crippen molar-refractivity contribution in [3.8, 4) is 0 Å². The van der Waals surface area contributed by atoms with Crippen molar-refractivity contribution in [1.82, 2.24) is 5.32 Å². The fourth-order valence-electron chi connectivity index (χ4n) is 5.86. The van der Waals surface area contributed by atoms with Gasteiger partial charge >= 0.3 is 5.97 Å². The third kappa shape index (κ3) is 5.87. The first-order valence-corrected chi connectivity index (χ1v) is 13.3. The van der Waals surface area contributed by atoms with E-state index in [0.717, 1.165) is 24.1 Å². The normalized spacial score (nSPS) is 27.1. The van der Waals surface area contributed by atoms with Crippen LogP contribution in [0.4, 0.5) is 5.69 Å². The fraction of sp³-hybridized carbons (Fsp3) is 0.586. The van der Waals surface area contributed by atoms with Crippen molar-refractivity contribution in [2.75, 3.05) is 4.90 Å². The van der Waals surface area contributed by atoms with Gasteiger partial charge in [0.05, 0.1) is 12.2 Å². The van der Waals surface area contributed by atoms with Crippen LogP contribution in [0.3, 0.4) is 0 Å². The maximum atomic E-state index is 14.0. The monoisotopic (exact) mass is 479 g/mol. The van der Waals surface area contributed by atoms with Crippen LogP contribution in [0, 0.1) is 11.3 Å². The molecular weight excluding hydrogens is 438 g/mol. The Morgan fingerprint density at radius 1 is 1.23 bits per heavy atom. The van der Waals surface area contributed by atoms with Crippen molar-refractivity contribution < 1.29 is 14.7 Å². The van der Waals surface area contributed by atoms with Gasteiger partial charge in [0.1, 0.15) is 6.04 Å². The molecule has 6 heteroatoms. The lowest BCUT2D eigenvalue weighted by Gasteiger charge is -2.42. The number of hydrogen-bond donors (Lipinski definition) is 3. The number of rotatable bonds is 8. The Hall–Kier alpha value is -2.44. The maximum Gasteiger partial charge on any atom is 0.320 e. The second-order valence-corrected chi connectivity index (χ2v) is 11.0. The Bertz CT molecular complexity index is 981. The Labute approximate surface area is 209 Å². The molecule has 3 aliphatic rings. The van der Waals surface area contributed by atoms with Gasteiger partial charge < -0.3 is 10.8 Å². The number of fused-ring (bicyclic) bond motifs is 1. The summed E-state index contributed by atoms with van der Waals surface area (Å²) in [7, 11) is 0. The number of nitrogens with zero attached hydrogens (tertiary/aromatic N) is 1. The van der Waals surface area contributed by atoms with Crippen LogP contribution in [-0.4, -0.2) is 35.2 Å². The highest BCUT2D eigenvalue weighted by Crippen LogP contribution is 2.38. The van der Waals surface area contributed by atoms with Crippen LogP contribution in [0.1, 0.15) is 77.2 Å². The van der Waals surface area contributed by atoms with E-state index in [2.05, 4.69) is 37.4 Å². The number of aliphatic carboxylic acids is 1. The van der Waals surface area contributed by atoms with Crippen LogP contribution >= 0.6 is 0 Å². The fourth-order valence-corrected chi connectivity index (χ4v) is 5.86. The van der Waals surface area contributed by atoms with E-state index in [1.54, 1.807) is 4.90 Å². The van der Waals surface area contributed by atoms with Gasteiger partial charge in [-0.25, -0.2) is 0 Å². The molecule has 4 atom stereocenters. The molecule has 35 heavy (non-hydrogen) atoms. The molecule has 3 unspecified atom stereocenters. The van der Waals surface area contributed by atoms with Crippen molar-refractivity contribution >= 4 is 17.6 Å². The maximum absolute atomic E-state index is 14.0. The minimum atomic E-state index is -0.881. The number of carbonyl (C=O) groups is 2. The topological polar surface area (TPSA) is 95.7 Å². The number of anilines is 1. The van der Waals surface area contributed by atoms with E-state index in [-0.39, 0.29) is 5.91 Å². The molecule has 0 saturated heterocycles. The second-order valence-electron chi connectivity index (χ2n) is 11.0. The van der Waals surface area contributed by atoms with Crippen molar-refractivity contribution in [2.45, 2.75) is 96.3 Å². The van der Waals surface area contributed by atoms with E-state index in [4.69, 9.17) is 5.73 Å². The molecule has 0 aromatic heterocycles. The van der Waals surface area contributed by atoms with E-state index in [1.807, 2.05) is 24.3 Å². The highest BCUT2D eigenvalue weighted by molar-refractivity contribution is 5.99. The van der Waals surface area contributed by atoms with Crippen molar-refractivity contribution in [1.29, 1.82) is 0 Å². The number of nitrogens with one attached hydrogen (secondary N) is 1. The van der Waals surface area contributed by atoms with Gasteiger partial charge in [0.25, 0.3) is 0 Å². The average molecular weight is 480 g/mol. The van der Waals surface area contributed by atoms with Crippen LogP contribution in [-0.2, 0) is 16.0 Å². The number of nitrogens with two attached hydrogens (primary N) is 1. The summed E-state index contributed by atoms with van der Waals surface area (Å²) in [4.78, 5) is 27.9. The van der Waals surface area contributed by atoms with Crippen molar-refractivity contribution in [3.63, 3.8) is 0 Å². The molecule has 4 N–H and O–H groups in total. The lowest BCUT2D eigenvalue weighted by Crippen LogP contribution is -2.60. The summed E-state index contributed by atoms with van der Waals surface area (Å²) < 4.78 is 0. The summed E-state index contributed by atoms with van der Waals surface area (Å²) >= 11 is 0. The molecule has 1 fully saturated rings. The predicted molar refractivity (Wildman–Crippen MR) is 140 cm³/mol. The molecule has 6 nitrogen and oxygen atoms in total. The van der Waals surface area contributed by atoms with Crippen molar-refractivity contribution in [3.05, 3.63) is 53.6 Å². The standard InChI is InChI=1S/C29H41N3O3/c1-20-16-18-29(2,19-17-20)28(30)32-25-11-7-6-10-22(25)13-15-23(26(32)33)31-24(27(34)35)14-12-21-8-4-3-5-9-21/h6-7,10-11,16-18,21,23-24,28,31H,3-5,8-9,12-15,19,30H2,1-2H3,(H,34,35)/t23?,24-,28?,29?/m0/s1. The third-order valence-corrected chi connectivity index (χ3v) is 8.32. The summed E-state index contributed by atoms with van der Waals surface area (Å²) in [5.74, 6) is -0.415. The smallest absolute Gasteiger partial charge is 0.320 e. The number of hydrogen-bond acceptors (Lipinski definition) is 4. The number of allylic oxidation sites excluding steroid dienone is 3. The van der Waals surface area contributed by atoms with Crippen LogP contribution in [0.5, 0.6) is 0 Å². The molecule has 1 aromatic rings. The summed E-state index contributed by atoms with van der Waals surface area (Å²) in [6, 6.07) is 6.61. The molecule has 1 saturated carbocycles. The summed E-state index contributed by atoms with van der Waals surface area (Å²) in [5.41, 5.74) is 9.56. The molecule has 1 aliphatic heterocycles. The zero-order valence-electron chi connectivity index (χ0n) is 21.2. The number of amides is 1. The minimum absolute atomic E-state index is 0.132. The molecule has 1 heterocycles. The van der Waals surface area contributed by atoms with Crippen molar-refractivity contribution in [2.24, 2.45) is 17.1 Å². The summed E-state index contributed by atoms with van der Waals surface area (Å²) in [6.07, 6.45) is 15.4. The van der Waals surface area contributed by atoms with Crippen LogP contribution in [0.2, 0.25) is 0 Å². The first kappa shape index (κ1) is 25.6. The van der Waals surface area contributed by atoms with Gasteiger partial charge in [0.2, 0.25) is 5.91 Å². The Balaban J connectivity index is 1.55. The number of para-hydroxylation sites is 1. The lowest BCUT2D eigenvalue weighted by atomic mass is 9.78. The Morgan fingerprint density at radius 2 is 1.97 bits per heavy atom. The van der Waals surface area contributed by atoms with Gasteiger partial charge in [0.15, 0.2) is 0 Å². The van der Waals surface area contributed by atoms with Gasteiger partial charge in [-0.05, 0) is 56.6 Å². The number of aryl methyl sites for hydroxylation is 1. The summed E-state index contributed by atoms with van der Waals surface area (Å²) in [5, 5.41) is 13.2. The lowest BCUT2D eigenvalue weighted by molar-refractivity contribution is -0.140. The Kier molecular flexibility index (Phi) is 8.12. The van der Waals surface area contributed by atoms with Gasteiger partial charge in [-0.1, -0.05) is 81.0 Å². The van der Waals surface area contributed by atoms with Crippen LogP contribution < -0.4 is 16.0 Å². The zero-order chi connectivity index (χ0) is 25.0. The molecule has 0 bridgehead atoms. The molecule has 0 spiro atoms. The van der Waals surface area contributed by atoms with E-state index in [0.29, 0.717) is 25.2 Å². The van der Waals surface area contributed by atoms with E-state index >= 15 is 0 Å². The molecule has 4 rings (SSSR count). The SMILES string of the molecule is CC1=CCC(C)(C(N)N2C(=O)C(N[C@@H](CCC3CCCCC3)C(=O)O)CCc3ccccc32)C=C1. The summed E-state index contributed by atoms with van der Waals surface area (Å²) in [6.45, 7) is 4.15. The average Bonchev–Trinajstić information content (AvgIpc) is 2.99. The van der Waals surface area contributed by atoms with Crippen LogP contribution in [0.25, 0.3) is 0 Å². The molecular formula is C29H41N3O3. The number of carboxylic acid groups (broad SMARTS) is 1. The minimum Gasteiger partial charge on any atom is -0.480 e. The first-order valence-electron chi connectivity index (χ1n) is 13.3. The highest BCUT2D eigenvalue weighted by Gasteiger charge is 2.42. The number of benzene rings is 1. The van der Waals surface area contributed by atoms with E-state index in [9.17, 15) is 14.7 Å². The second kappa shape index (κ2) is 11.1. The number of carbonyl (C=O) groups excluding carboxylic acids is 1. The molecule has 190 valence electrons. The number of carboxylic acids is 1. The van der Waals surface area contributed by atoms with Gasteiger partial charge in [-0.2, -0.15) is 0 Å². The largest absolute Gasteiger partial charge is 0.480 e. The van der Waals surface area contributed by atoms with E-state index < -0.39 is 29.6 Å². The Morgan fingerprint density at radius 3 is 2.66 bits per heavy atom. The molecule has 0 radical (unpaired) electrons. The molecule has 1 amide bonds. The zero-order valence-corrected chi connectivity index (χ0v) is 21.2. The van der Waals surface area contributed by atoms with E-state index in [1.165, 1.54) is 37.7 Å². The predicted octanol–water partition coefficient (Wildman–Crippen LogP) is 4.94. The van der Waals surface area contributed by atoms with Gasteiger partial charge in [0, 0.05) is 11.1 Å². The van der Waals surface area contributed by atoms with Gasteiger partial charge in [-0.3, -0.25) is 19.8 Å². The van der Waals surface area contributed by atoms with Gasteiger partial charge in [-0.15, -0.1) is 0 Å². The molecule has 1 aromatic carbocycles. The third-order valence-electron chi connectivity index (χ3n) is 8.32. The quantitative estimate of drug-likeness (QED) is 0.491.